The van der Waals surface area contributed by atoms with Crippen molar-refractivity contribution in [1.29, 1.82) is 0 Å². The van der Waals surface area contributed by atoms with Gasteiger partial charge in [0, 0.05) is 27.0 Å². The van der Waals surface area contributed by atoms with Gasteiger partial charge in [0.05, 0.1) is 0 Å². The minimum absolute atomic E-state index is 0.186. The van der Waals surface area contributed by atoms with E-state index in [0.717, 1.165) is 20.9 Å². The Morgan fingerprint density at radius 3 is 2.33 bits per heavy atom. The topological polar surface area (TPSA) is 32.3 Å². The molecule has 0 saturated heterocycles. The van der Waals surface area contributed by atoms with Crippen LogP contribution in [0.15, 0.2) is 65.1 Å². The first-order chi connectivity index (χ1) is 10.1. The van der Waals surface area contributed by atoms with Crippen molar-refractivity contribution in [3.8, 4) is 5.75 Å². The van der Waals surface area contributed by atoms with Gasteiger partial charge in [-0.05, 0) is 36.8 Å². The molecular weight excluding hydrogens is 326 g/mol. The Hall–Kier alpha value is -2.00. The largest absolute Gasteiger partial charge is 0.507 e. The molecule has 0 aliphatic rings. The minimum atomic E-state index is 0.186. The van der Waals surface area contributed by atoms with Crippen LogP contribution in [-0.4, -0.2) is 5.11 Å². The van der Waals surface area contributed by atoms with E-state index in [0.29, 0.717) is 5.75 Å². The second kappa shape index (κ2) is 5.78. The summed E-state index contributed by atoms with van der Waals surface area (Å²) < 4.78 is 1.08. The third-order valence-corrected chi connectivity index (χ3v) is 4.17. The van der Waals surface area contributed by atoms with E-state index >= 15 is 0 Å². The number of halogens is 1. The van der Waals surface area contributed by atoms with Gasteiger partial charge in [-0.2, -0.15) is 0 Å². The Bertz CT molecular complexity index is 768. The lowest BCUT2D eigenvalue weighted by molar-refractivity contribution is 0.481. The van der Waals surface area contributed by atoms with E-state index in [1.807, 2.05) is 42.5 Å². The summed E-state index contributed by atoms with van der Waals surface area (Å²) in [6, 6.07) is 20.0. The standard InChI is InChI=1S/C18H16BrNO/c1-12(13-8-10-14(19)11-9-13)20-17-6-2-5-16-15(17)4-3-7-18(16)21/h2-12,20-21H,1H3. The molecule has 0 heterocycles. The average molecular weight is 342 g/mol. The van der Waals surface area contributed by atoms with Crippen molar-refractivity contribution in [1.82, 2.24) is 0 Å². The average Bonchev–Trinajstić information content (AvgIpc) is 2.49. The van der Waals surface area contributed by atoms with E-state index < -0.39 is 0 Å². The van der Waals surface area contributed by atoms with Gasteiger partial charge in [-0.1, -0.05) is 52.3 Å². The summed E-state index contributed by atoms with van der Waals surface area (Å²) in [7, 11) is 0. The number of phenols is 1. The van der Waals surface area contributed by atoms with Gasteiger partial charge in [-0.25, -0.2) is 0 Å². The van der Waals surface area contributed by atoms with Crippen LogP contribution in [0.25, 0.3) is 10.8 Å². The minimum Gasteiger partial charge on any atom is -0.507 e. The van der Waals surface area contributed by atoms with Crippen molar-refractivity contribution >= 4 is 32.4 Å². The van der Waals surface area contributed by atoms with E-state index in [4.69, 9.17) is 0 Å². The molecule has 106 valence electrons. The normalized spacial score (nSPS) is 12.3. The summed E-state index contributed by atoms with van der Waals surface area (Å²) in [6.07, 6.45) is 0. The van der Waals surface area contributed by atoms with Gasteiger partial charge in [0.1, 0.15) is 5.75 Å². The Labute approximate surface area is 132 Å². The Morgan fingerprint density at radius 2 is 1.57 bits per heavy atom. The van der Waals surface area contributed by atoms with Gasteiger partial charge < -0.3 is 10.4 Å². The lowest BCUT2D eigenvalue weighted by atomic mass is 10.1. The fraction of sp³-hybridized carbons (Fsp3) is 0.111. The monoisotopic (exact) mass is 341 g/mol. The second-order valence-electron chi connectivity index (χ2n) is 5.10. The van der Waals surface area contributed by atoms with Gasteiger partial charge in [0.25, 0.3) is 0 Å². The molecule has 0 aliphatic heterocycles. The molecule has 2 N–H and O–H groups in total. The molecule has 0 spiro atoms. The molecule has 3 aromatic carbocycles. The van der Waals surface area contributed by atoms with Crippen molar-refractivity contribution in [2.45, 2.75) is 13.0 Å². The van der Waals surface area contributed by atoms with E-state index in [2.05, 4.69) is 40.3 Å². The number of rotatable bonds is 3. The highest BCUT2D eigenvalue weighted by molar-refractivity contribution is 9.10. The van der Waals surface area contributed by atoms with Crippen LogP contribution in [0.2, 0.25) is 0 Å². The lowest BCUT2D eigenvalue weighted by Crippen LogP contribution is -2.06. The fourth-order valence-corrected chi connectivity index (χ4v) is 2.75. The van der Waals surface area contributed by atoms with Crippen LogP contribution in [-0.2, 0) is 0 Å². The van der Waals surface area contributed by atoms with E-state index in [9.17, 15) is 5.11 Å². The van der Waals surface area contributed by atoms with E-state index in [1.165, 1.54) is 5.56 Å². The maximum Gasteiger partial charge on any atom is 0.123 e. The van der Waals surface area contributed by atoms with Crippen LogP contribution in [0, 0.1) is 0 Å². The molecule has 0 fully saturated rings. The maximum absolute atomic E-state index is 9.94. The molecule has 1 atom stereocenters. The molecule has 0 amide bonds. The third-order valence-electron chi connectivity index (χ3n) is 3.64. The second-order valence-corrected chi connectivity index (χ2v) is 6.01. The number of benzene rings is 3. The zero-order valence-corrected chi connectivity index (χ0v) is 13.3. The molecule has 1 unspecified atom stereocenters. The smallest absolute Gasteiger partial charge is 0.123 e. The van der Waals surface area contributed by atoms with Crippen LogP contribution < -0.4 is 5.32 Å². The summed E-state index contributed by atoms with van der Waals surface area (Å²) in [6.45, 7) is 2.13. The van der Waals surface area contributed by atoms with Gasteiger partial charge >= 0.3 is 0 Å². The summed E-state index contributed by atoms with van der Waals surface area (Å²) in [4.78, 5) is 0. The third kappa shape index (κ3) is 2.88. The number of fused-ring (bicyclic) bond motifs is 1. The number of phenolic OH excluding ortho intramolecular Hbond substituents is 1. The zero-order valence-electron chi connectivity index (χ0n) is 11.7. The van der Waals surface area contributed by atoms with Gasteiger partial charge in [0.15, 0.2) is 0 Å². The van der Waals surface area contributed by atoms with Crippen LogP contribution in [0.5, 0.6) is 5.75 Å². The van der Waals surface area contributed by atoms with Crippen molar-refractivity contribution in [3.05, 3.63) is 70.7 Å². The number of anilines is 1. The molecule has 0 saturated carbocycles. The van der Waals surface area contributed by atoms with Gasteiger partial charge in [-0.15, -0.1) is 0 Å². The highest BCUT2D eigenvalue weighted by Gasteiger charge is 2.08. The van der Waals surface area contributed by atoms with Crippen LogP contribution in [0.1, 0.15) is 18.5 Å². The molecule has 0 bridgehead atoms. The number of aromatic hydroxyl groups is 1. The van der Waals surface area contributed by atoms with E-state index in [-0.39, 0.29) is 6.04 Å². The maximum atomic E-state index is 9.94. The molecule has 3 heteroatoms. The highest BCUT2D eigenvalue weighted by Crippen LogP contribution is 2.31. The summed E-state index contributed by atoms with van der Waals surface area (Å²) in [5.41, 5.74) is 2.24. The summed E-state index contributed by atoms with van der Waals surface area (Å²) >= 11 is 3.45. The number of hydrogen-bond donors (Lipinski definition) is 2. The first-order valence-electron chi connectivity index (χ1n) is 6.88. The quantitative estimate of drug-likeness (QED) is 0.660. The molecule has 0 radical (unpaired) electrons. The first-order valence-corrected chi connectivity index (χ1v) is 7.67. The molecule has 21 heavy (non-hydrogen) atoms. The molecule has 3 rings (SSSR count). The SMILES string of the molecule is CC(Nc1cccc2c(O)cccc12)c1ccc(Br)cc1. The molecule has 2 nitrogen and oxygen atoms in total. The predicted molar refractivity (Wildman–Crippen MR) is 91.8 cm³/mol. The van der Waals surface area contributed by atoms with Crippen LogP contribution >= 0.6 is 15.9 Å². The lowest BCUT2D eigenvalue weighted by Gasteiger charge is -2.17. The number of nitrogens with one attached hydrogen (secondary N) is 1. The van der Waals surface area contributed by atoms with Gasteiger partial charge in [-0.3, -0.25) is 0 Å². The highest BCUT2D eigenvalue weighted by atomic mass is 79.9. The first kappa shape index (κ1) is 14.0. The van der Waals surface area contributed by atoms with Gasteiger partial charge in [0.2, 0.25) is 0 Å². The Kier molecular flexibility index (Phi) is 3.84. The zero-order chi connectivity index (χ0) is 14.8. The molecule has 0 aliphatic carbocycles. The fourth-order valence-electron chi connectivity index (χ4n) is 2.49. The predicted octanol–water partition coefficient (Wildman–Crippen LogP) is 5.48. The number of hydrogen-bond acceptors (Lipinski definition) is 2. The molecule has 3 aromatic rings. The van der Waals surface area contributed by atoms with Crippen molar-refractivity contribution in [2.24, 2.45) is 0 Å². The van der Waals surface area contributed by atoms with Crippen LogP contribution in [0.4, 0.5) is 5.69 Å². The van der Waals surface area contributed by atoms with Crippen molar-refractivity contribution in [2.75, 3.05) is 5.32 Å². The summed E-state index contributed by atoms with van der Waals surface area (Å²) in [5, 5.41) is 15.4. The molecular formula is C18H16BrNO. The Balaban J connectivity index is 1.94. The van der Waals surface area contributed by atoms with Crippen molar-refractivity contribution in [3.63, 3.8) is 0 Å². The van der Waals surface area contributed by atoms with Crippen LogP contribution in [0.3, 0.4) is 0 Å². The molecule has 0 aromatic heterocycles. The summed E-state index contributed by atoms with van der Waals surface area (Å²) in [5.74, 6) is 0.312. The Morgan fingerprint density at radius 1 is 0.905 bits per heavy atom. The van der Waals surface area contributed by atoms with Crippen molar-refractivity contribution < 1.29 is 5.11 Å². The van der Waals surface area contributed by atoms with E-state index in [1.54, 1.807) is 6.07 Å².